The lowest BCUT2D eigenvalue weighted by Crippen LogP contribution is -2.56. The Hall–Kier alpha value is -2.22. The highest BCUT2D eigenvalue weighted by molar-refractivity contribution is 7.16. The Morgan fingerprint density at radius 2 is 1.86 bits per heavy atom. The molecule has 28 heavy (non-hydrogen) atoms. The number of hydrogen-bond donors (Lipinski definition) is 1. The molecule has 1 fully saturated rings. The van der Waals surface area contributed by atoms with Crippen molar-refractivity contribution in [3.05, 3.63) is 17.8 Å². The zero-order valence-electron chi connectivity index (χ0n) is 17.0. The third-order valence-electron chi connectivity index (χ3n) is 4.97. The van der Waals surface area contributed by atoms with Crippen LogP contribution in [0.1, 0.15) is 34.1 Å². The molecule has 0 saturated carbocycles. The smallest absolute Gasteiger partial charge is 0.245 e. The summed E-state index contributed by atoms with van der Waals surface area (Å²) in [4.78, 5) is 39.1. The molecule has 2 amide bonds. The normalized spacial score (nSPS) is 16.1. The molecule has 3 heterocycles. The van der Waals surface area contributed by atoms with Crippen LogP contribution < -0.4 is 10.2 Å². The van der Waals surface area contributed by atoms with E-state index in [1.165, 1.54) is 0 Å². The Kier molecular flexibility index (Phi) is 6.49. The molecule has 1 unspecified atom stereocenters. The minimum atomic E-state index is -0.472. The van der Waals surface area contributed by atoms with Gasteiger partial charge in [-0.3, -0.25) is 9.59 Å². The number of nitrogens with zero attached hydrogens (tertiary/aromatic N) is 4. The lowest BCUT2D eigenvalue weighted by Gasteiger charge is -2.38. The van der Waals surface area contributed by atoms with Gasteiger partial charge in [0.2, 0.25) is 11.8 Å². The van der Waals surface area contributed by atoms with Crippen LogP contribution in [-0.4, -0.2) is 58.9 Å². The molecule has 0 bridgehead atoms. The number of anilines is 1. The zero-order chi connectivity index (χ0) is 20.3. The Morgan fingerprint density at radius 1 is 1.14 bits per heavy atom. The van der Waals surface area contributed by atoms with E-state index in [4.69, 9.17) is 0 Å². The van der Waals surface area contributed by atoms with Crippen molar-refractivity contribution in [1.29, 1.82) is 0 Å². The summed E-state index contributed by atoms with van der Waals surface area (Å²) in [6, 6.07) is 1.58. The summed E-state index contributed by atoms with van der Waals surface area (Å²) < 4.78 is 0. The van der Waals surface area contributed by atoms with E-state index in [1.54, 1.807) is 17.7 Å². The fraction of sp³-hybridized carbons (Fsp3) is 0.600. The molecular weight excluding hydrogens is 374 g/mol. The second kappa shape index (κ2) is 8.86. The van der Waals surface area contributed by atoms with Crippen molar-refractivity contribution in [3.8, 4) is 0 Å². The fourth-order valence-electron chi connectivity index (χ4n) is 3.48. The van der Waals surface area contributed by atoms with E-state index in [1.807, 2.05) is 44.0 Å². The first-order valence-corrected chi connectivity index (χ1v) is 10.8. The highest BCUT2D eigenvalue weighted by Gasteiger charge is 2.31. The van der Waals surface area contributed by atoms with E-state index in [-0.39, 0.29) is 23.7 Å². The van der Waals surface area contributed by atoms with Crippen molar-refractivity contribution in [2.45, 2.75) is 40.2 Å². The van der Waals surface area contributed by atoms with E-state index >= 15 is 0 Å². The standard InChI is InChI=1S/C20H29N5O2S/c1-13(2)11-16(26)23-17(14(3)4)20(27)25-8-6-24(7-9-25)18-15-5-10-28-19(15)22-12-21-18/h5,10,12-14,17H,6-9,11H2,1-4H3,(H,23,26). The highest BCUT2D eigenvalue weighted by atomic mass is 32.1. The highest BCUT2D eigenvalue weighted by Crippen LogP contribution is 2.27. The number of hydrogen-bond acceptors (Lipinski definition) is 6. The van der Waals surface area contributed by atoms with E-state index in [0.29, 0.717) is 19.5 Å². The molecule has 0 spiro atoms. The van der Waals surface area contributed by atoms with E-state index < -0.39 is 6.04 Å². The third-order valence-corrected chi connectivity index (χ3v) is 5.80. The van der Waals surface area contributed by atoms with Crippen LogP contribution in [-0.2, 0) is 9.59 Å². The van der Waals surface area contributed by atoms with Crippen LogP contribution in [0, 0.1) is 11.8 Å². The number of thiophene rings is 1. The van der Waals surface area contributed by atoms with Gasteiger partial charge in [-0.25, -0.2) is 9.97 Å². The SMILES string of the molecule is CC(C)CC(=O)NC(C(=O)N1CCN(c2ncnc3sccc23)CC1)C(C)C. The maximum atomic E-state index is 13.0. The van der Waals surface area contributed by atoms with Gasteiger partial charge in [0, 0.05) is 32.6 Å². The largest absolute Gasteiger partial charge is 0.352 e. The monoisotopic (exact) mass is 403 g/mol. The Labute approximate surface area is 170 Å². The van der Waals surface area contributed by atoms with Crippen LogP contribution in [0.2, 0.25) is 0 Å². The average Bonchev–Trinajstić information content (AvgIpc) is 3.14. The number of aromatic nitrogens is 2. The van der Waals surface area contributed by atoms with Gasteiger partial charge >= 0.3 is 0 Å². The first-order valence-electron chi connectivity index (χ1n) is 9.88. The van der Waals surface area contributed by atoms with E-state index in [9.17, 15) is 9.59 Å². The summed E-state index contributed by atoms with van der Waals surface area (Å²) in [7, 11) is 0. The molecule has 1 saturated heterocycles. The predicted octanol–water partition coefficient (Wildman–Crippen LogP) is 2.53. The van der Waals surface area contributed by atoms with Gasteiger partial charge in [-0.2, -0.15) is 0 Å². The minimum absolute atomic E-state index is 0.00937. The lowest BCUT2D eigenvalue weighted by molar-refractivity contribution is -0.138. The van der Waals surface area contributed by atoms with Crippen molar-refractivity contribution < 1.29 is 9.59 Å². The van der Waals surface area contributed by atoms with Crippen molar-refractivity contribution in [2.24, 2.45) is 11.8 Å². The fourth-order valence-corrected chi connectivity index (χ4v) is 4.21. The molecule has 1 aliphatic rings. The second-order valence-corrected chi connectivity index (χ2v) is 8.93. The van der Waals surface area contributed by atoms with E-state index in [2.05, 4.69) is 20.2 Å². The molecule has 1 N–H and O–H groups in total. The number of fused-ring (bicyclic) bond motifs is 1. The molecule has 3 rings (SSSR count). The molecule has 0 radical (unpaired) electrons. The number of carbonyl (C=O) groups is 2. The van der Waals surface area contributed by atoms with Crippen LogP contribution in [0.3, 0.4) is 0 Å². The number of piperazine rings is 1. The van der Waals surface area contributed by atoms with Crippen molar-refractivity contribution in [2.75, 3.05) is 31.1 Å². The van der Waals surface area contributed by atoms with Crippen LogP contribution in [0.15, 0.2) is 17.8 Å². The van der Waals surface area contributed by atoms with Crippen molar-refractivity contribution in [3.63, 3.8) is 0 Å². The van der Waals surface area contributed by atoms with Gasteiger partial charge in [-0.15, -0.1) is 11.3 Å². The molecule has 2 aromatic rings. The molecule has 8 heteroatoms. The van der Waals surface area contributed by atoms with Crippen LogP contribution in [0.5, 0.6) is 0 Å². The molecule has 2 aromatic heterocycles. The van der Waals surface area contributed by atoms with Gasteiger partial charge in [-0.05, 0) is 23.3 Å². The van der Waals surface area contributed by atoms with Crippen LogP contribution in [0.4, 0.5) is 5.82 Å². The maximum absolute atomic E-state index is 13.0. The van der Waals surface area contributed by atoms with Gasteiger partial charge < -0.3 is 15.1 Å². The number of amides is 2. The van der Waals surface area contributed by atoms with E-state index in [0.717, 1.165) is 29.1 Å². The Morgan fingerprint density at radius 3 is 2.50 bits per heavy atom. The maximum Gasteiger partial charge on any atom is 0.245 e. The predicted molar refractivity (Wildman–Crippen MR) is 112 cm³/mol. The van der Waals surface area contributed by atoms with Crippen LogP contribution >= 0.6 is 11.3 Å². The molecule has 0 aromatic carbocycles. The number of rotatable bonds is 6. The summed E-state index contributed by atoms with van der Waals surface area (Å²) in [6.45, 7) is 10.6. The Bertz CT molecular complexity index is 827. The quantitative estimate of drug-likeness (QED) is 0.802. The summed E-state index contributed by atoms with van der Waals surface area (Å²) >= 11 is 1.61. The lowest BCUT2D eigenvalue weighted by atomic mass is 10.0. The third kappa shape index (κ3) is 4.60. The number of nitrogens with one attached hydrogen (secondary N) is 1. The molecule has 1 atom stereocenters. The van der Waals surface area contributed by atoms with Crippen LogP contribution in [0.25, 0.3) is 10.2 Å². The molecule has 7 nitrogen and oxygen atoms in total. The molecule has 152 valence electrons. The van der Waals surface area contributed by atoms with Crippen molar-refractivity contribution in [1.82, 2.24) is 20.2 Å². The Balaban J connectivity index is 1.63. The first kappa shape index (κ1) is 20.5. The second-order valence-electron chi connectivity index (χ2n) is 8.04. The van der Waals surface area contributed by atoms with Gasteiger partial charge in [0.05, 0.1) is 5.39 Å². The zero-order valence-corrected chi connectivity index (χ0v) is 17.8. The van der Waals surface area contributed by atoms with Gasteiger partial charge in [-0.1, -0.05) is 27.7 Å². The first-order chi connectivity index (χ1) is 13.4. The number of carbonyl (C=O) groups excluding carboxylic acids is 2. The summed E-state index contributed by atoms with van der Waals surface area (Å²) in [5, 5.41) is 6.03. The average molecular weight is 404 g/mol. The molecule has 0 aliphatic carbocycles. The van der Waals surface area contributed by atoms with Crippen molar-refractivity contribution >= 4 is 39.2 Å². The molecule has 1 aliphatic heterocycles. The topological polar surface area (TPSA) is 78.4 Å². The summed E-state index contributed by atoms with van der Waals surface area (Å²) in [5.74, 6) is 1.21. The van der Waals surface area contributed by atoms with Gasteiger partial charge in [0.25, 0.3) is 0 Å². The summed E-state index contributed by atoms with van der Waals surface area (Å²) in [6.07, 6.45) is 2.04. The van der Waals surface area contributed by atoms with Gasteiger partial charge in [0.15, 0.2) is 0 Å². The minimum Gasteiger partial charge on any atom is -0.352 e. The van der Waals surface area contributed by atoms with Gasteiger partial charge in [0.1, 0.15) is 23.0 Å². The molecular formula is C20H29N5O2S. The summed E-state index contributed by atoms with van der Waals surface area (Å²) in [5.41, 5.74) is 0.